The van der Waals surface area contributed by atoms with Gasteiger partial charge in [-0.3, -0.25) is 19.6 Å². The second-order valence-electron chi connectivity index (χ2n) is 13.9. The fraction of sp³-hybridized carbons (Fsp3) is 0.270. The smallest absolute Gasteiger partial charge is 0.205 e. The summed E-state index contributed by atoms with van der Waals surface area (Å²) in [5.74, 6) is -0.427. The Kier molecular flexibility index (Phi) is 4.87. The first-order chi connectivity index (χ1) is 21.1. The maximum Gasteiger partial charge on any atom is 0.205 e. The van der Waals surface area contributed by atoms with Gasteiger partial charge in [0, 0.05) is 22.7 Å². The van der Waals surface area contributed by atoms with Crippen molar-refractivity contribution in [1.82, 2.24) is 24.9 Å². The van der Waals surface area contributed by atoms with Crippen LogP contribution in [0.4, 0.5) is 0 Å². The van der Waals surface area contributed by atoms with Gasteiger partial charge in [-0.05, 0) is 101 Å². The van der Waals surface area contributed by atoms with Crippen LogP contribution in [-0.4, -0.2) is 36.5 Å². The summed E-state index contributed by atoms with van der Waals surface area (Å²) in [6.45, 7) is 8.83. The van der Waals surface area contributed by atoms with E-state index < -0.39 is 0 Å². The molecule has 5 aromatic heterocycles. The summed E-state index contributed by atoms with van der Waals surface area (Å²) in [5, 5.41) is 1.04. The zero-order chi connectivity index (χ0) is 30.1. The van der Waals surface area contributed by atoms with Gasteiger partial charge in [-0.1, -0.05) is 33.8 Å². The molecule has 4 aliphatic rings. The molecule has 214 valence electrons. The summed E-state index contributed by atoms with van der Waals surface area (Å²) < 4.78 is 0. The van der Waals surface area contributed by atoms with Gasteiger partial charge in [-0.2, -0.15) is 0 Å². The third-order valence-electron chi connectivity index (χ3n) is 9.94. The molecule has 0 atom stereocenters. The van der Waals surface area contributed by atoms with Gasteiger partial charge in [0.25, 0.3) is 0 Å². The number of aryl methyl sites for hydroxylation is 2. The molecule has 0 unspecified atom stereocenters. The molecular formula is C37H29N5O2. The minimum atomic E-state index is -0.306. The van der Waals surface area contributed by atoms with Crippen molar-refractivity contribution >= 4 is 22.6 Å². The normalized spacial score (nSPS) is 18.0. The molecule has 0 aliphatic heterocycles. The zero-order valence-electron chi connectivity index (χ0n) is 25.1. The van der Waals surface area contributed by atoms with Crippen LogP contribution in [0, 0.1) is 0 Å². The lowest BCUT2D eigenvalue weighted by atomic mass is 9.70. The summed E-state index contributed by atoms with van der Waals surface area (Å²) in [7, 11) is 0. The van der Waals surface area contributed by atoms with Crippen LogP contribution in [0.25, 0.3) is 44.9 Å². The summed E-state index contributed by atoms with van der Waals surface area (Å²) in [5.41, 5.74) is 12.7. The van der Waals surface area contributed by atoms with Crippen molar-refractivity contribution in [3.05, 3.63) is 99.6 Å². The van der Waals surface area contributed by atoms with Gasteiger partial charge in [0.15, 0.2) is 11.4 Å². The van der Waals surface area contributed by atoms with Gasteiger partial charge >= 0.3 is 0 Å². The fourth-order valence-corrected chi connectivity index (χ4v) is 7.62. The van der Waals surface area contributed by atoms with E-state index in [0.717, 1.165) is 75.5 Å². The zero-order valence-corrected chi connectivity index (χ0v) is 25.1. The topological polar surface area (TPSA) is 98.6 Å². The molecule has 0 saturated heterocycles. The Morgan fingerprint density at radius 2 is 1.27 bits per heavy atom. The van der Waals surface area contributed by atoms with Gasteiger partial charge < -0.3 is 0 Å². The van der Waals surface area contributed by atoms with Crippen LogP contribution < -0.4 is 0 Å². The monoisotopic (exact) mass is 575 g/mol. The van der Waals surface area contributed by atoms with Crippen LogP contribution in [0.3, 0.4) is 0 Å². The van der Waals surface area contributed by atoms with Gasteiger partial charge in [-0.25, -0.2) is 15.0 Å². The average molecular weight is 576 g/mol. The lowest BCUT2D eigenvalue weighted by Gasteiger charge is -2.37. The van der Waals surface area contributed by atoms with Gasteiger partial charge in [-0.15, -0.1) is 0 Å². The van der Waals surface area contributed by atoms with Crippen LogP contribution in [0.1, 0.15) is 82.2 Å². The van der Waals surface area contributed by atoms with E-state index in [4.69, 9.17) is 19.9 Å². The SMILES string of the molecule is CC1(C)Cc2nc3c(cc2-c2nc4c(cc21)C(=O)C=CC4=O)-c1nc2nc4c(cc2cc1C(C)(C)C3)CCc1cccnc1-4. The molecule has 44 heavy (non-hydrogen) atoms. The second kappa shape index (κ2) is 8.38. The highest BCUT2D eigenvalue weighted by molar-refractivity contribution is 6.21. The highest BCUT2D eigenvalue weighted by Gasteiger charge is 2.39. The first kappa shape index (κ1) is 25.6. The number of hydrogen-bond acceptors (Lipinski definition) is 7. The molecule has 5 heterocycles. The van der Waals surface area contributed by atoms with Crippen LogP contribution in [0.2, 0.25) is 0 Å². The fourth-order valence-electron chi connectivity index (χ4n) is 7.62. The van der Waals surface area contributed by atoms with E-state index in [-0.39, 0.29) is 28.1 Å². The largest absolute Gasteiger partial charge is 0.289 e. The number of nitrogens with zero attached hydrogens (tertiary/aromatic N) is 5. The molecule has 0 aromatic carbocycles. The predicted molar refractivity (Wildman–Crippen MR) is 168 cm³/mol. The van der Waals surface area contributed by atoms with Crippen molar-refractivity contribution in [3.8, 4) is 33.9 Å². The highest BCUT2D eigenvalue weighted by atomic mass is 16.1. The Balaban J connectivity index is 1.28. The molecular weight excluding hydrogens is 546 g/mol. The Hall–Kier alpha value is -4.91. The quantitative estimate of drug-likeness (QED) is 0.207. The van der Waals surface area contributed by atoms with E-state index in [2.05, 4.69) is 56.9 Å². The molecule has 0 N–H and O–H groups in total. The van der Waals surface area contributed by atoms with Crippen molar-refractivity contribution < 1.29 is 9.59 Å². The Labute approximate surface area is 254 Å². The second-order valence-corrected chi connectivity index (χ2v) is 13.9. The van der Waals surface area contributed by atoms with Crippen LogP contribution in [-0.2, 0) is 36.5 Å². The molecule has 0 amide bonds. The van der Waals surface area contributed by atoms with Gasteiger partial charge in [0.1, 0.15) is 5.69 Å². The number of ketones is 2. The van der Waals surface area contributed by atoms with Crippen molar-refractivity contribution in [2.75, 3.05) is 0 Å². The number of hydrogen-bond donors (Lipinski definition) is 0. The minimum absolute atomic E-state index is 0.173. The maximum absolute atomic E-state index is 12.8. The van der Waals surface area contributed by atoms with Crippen molar-refractivity contribution in [1.29, 1.82) is 0 Å². The molecule has 0 spiro atoms. The van der Waals surface area contributed by atoms with Crippen LogP contribution in [0.15, 0.2) is 54.7 Å². The molecule has 0 radical (unpaired) electrons. The number of rotatable bonds is 0. The predicted octanol–water partition coefficient (Wildman–Crippen LogP) is 6.52. The Morgan fingerprint density at radius 3 is 2.05 bits per heavy atom. The number of carbonyl (C=O) groups excluding carboxylic acids is 2. The molecule has 9 rings (SSSR count). The van der Waals surface area contributed by atoms with E-state index >= 15 is 0 Å². The number of pyridine rings is 5. The number of fused-ring (bicyclic) bond motifs is 11. The van der Waals surface area contributed by atoms with E-state index in [0.29, 0.717) is 17.6 Å². The number of allylic oxidation sites excluding steroid dienone is 2. The van der Waals surface area contributed by atoms with Crippen LogP contribution in [0.5, 0.6) is 0 Å². The molecule has 5 aromatic rings. The lowest BCUT2D eigenvalue weighted by Crippen LogP contribution is -2.31. The lowest BCUT2D eigenvalue weighted by molar-refractivity contribution is 0.0990. The first-order valence-corrected chi connectivity index (χ1v) is 15.2. The maximum atomic E-state index is 12.8. The summed E-state index contributed by atoms with van der Waals surface area (Å²) in [6, 6.07) is 12.7. The summed E-state index contributed by atoms with van der Waals surface area (Å²) in [4.78, 5) is 50.7. The molecule has 7 heteroatoms. The number of carbonyl (C=O) groups is 2. The van der Waals surface area contributed by atoms with E-state index in [1.807, 2.05) is 18.3 Å². The Bertz CT molecular complexity index is 2230. The van der Waals surface area contributed by atoms with Crippen LogP contribution >= 0.6 is 0 Å². The first-order valence-electron chi connectivity index (χ1n) is 15.2. The summed E-state index contributed by atoms with van der Waals surface area (Å²) in [6.07, 6.45) is 7.88. The molecule has 0 fully saturated rings. The van der Waals surface area contributed by atoms with Crippen molar-refractivity contribution in [3.63, 3.8) is 0 Å². The third-order valence-corrected chi connectivity index (χ3v) is 9.94. The van der Waals surface area contributed by atoms with Gasteiger partial charge in [0.2, 0.25) is 5.78 Å². The Morgan fingerprint density at radius 1 is 0.614 bits per heavy atom. The van der Waals surface area contributed by atoms with E-state index in [1.165, 1.54) is 28.8 Å². The minimum Gasteiger partial charge on any atom is -0.289 e. The van der Waals surface area contributed by atoms with Gasteiger partial charge in [0.05, 0.1) is 39.7 Å². The molecule has 7 nitrogen and oxygen atoms in total. The third kappa shape index (κ3) is 3.46. The highest BCUT2D eigenvalue weighted by Crippen LogP contribution is 2.48. The molecule has 4 aliphatic carbocycles. The van der Waals surface area contributed by atoms with E-state index in [1.54, 1.807) is 0 Å². The average Bonchev–Trinajstić information content (AvgIpc) is 3.00. The van der Waals surface area contributed by atoms with E-state index in [9.17, 15) is 9.59 Å². The van der Waals surface area contributed by atoms with Crippen molar-refractivity contribution in [2.24, 2.45) is 0 Å². The molecule has 0 bridgehead atoms. The standard InChI is InChI=1S/C37H29N5O2/c1-36(2)16-27-22(33-24(36)13-20-12-19-8-7-18-6-5-11-38-30(18)31(19)41-35(20)42-33)14-21-26(39-27)17-37(3,4)25-15-23-28(43)9-10-29(44)34(23)40-32(21)25/h5-6,9-15H,7-8,16-17H2,1-4H3. The summed E-state index contributed by atoms with van der Waals surface area (Å²) >= 11 is 0. The molecule has 0 saturated carbocycles. The van der Waals surface area contributed by atoms with Crippen molar-refractivity contribution in [2.45, 2.75) is 64.2 Å². The number of aromatic nitrogens is 5.